The molecule has 2 aromatic carbocycles. The summed E-state index contributed by atoms with van der Waals surface area (Å²) in [5.74, 6) is 0.694. The summed E-state index contributed by atoms with van der Waals surface area (Å²) in [6.07, 6.45) is 0. The molecule has 0 fully saturated rings. The Balaban J connectivity index is 1.63. The highest BCUT2D eigenvalue weighted by Gasteiger charge is 2.29. The first-order valence-electron chi connectivity index (χ1n) is 9.14. The Morgan fingerprint density at radius 2 is 2.03 bits per heavy atom. The van der Waals surface area contributed by atoms with E-state index in [0.29, 0.717) is 50.0 Å². The fraction of sp³-hybridized carbons (Fsp3) is 0.143. The molecule has 31 heavy (non-hydrogen) atoms. The van der Waals surface area contributed by atoms with Gasteiger partial charge >= 0.3 is 6.03 Å². The van der Waals surface area contributed by atoms with Crippen molar-refractivity contribution in [3.8, 4) is 23.1 Å². The molecule has 1 aliphatic rings. The topological polar surface area (TPSA) is 117 Å². The van der Waals surface area contributed by atoms with E-state index >= 15 is 0 Å². The Morgan fingerprint density at radius 1 is 1.29 bits per heavy atom. The van der Waals surface area contributed by atoms with E-state index in [9.17, 15) is 4.79 Å². The highest BCUT2D eigenvalue weighted by Crippen LogP contribution is 2.39. The van der Waals surface area contributed by atoms with Crippen LogP contribution in [-0.4, -0.2) is 28.0 Å². The van der Waals surface area contributed by atoms with E-state index in [4.69, 9.17) is 27.3 Å². The Hall–Kier alpha value is -3.35. The minimum Gasteiger partial charge on any atom is -0.496 e. The lowest BCUT2D eigenvalue weighted by Gasteiger charge is -2.16. The summed E-state index contributed by atoms with van der Waals surface area (Å²) in [5.41, 5.74) is 9.69. The maximum absolute atomic E-state index is 12.8. The van der Waals surface area contributed by atoms with Gasteiger partial charge in [0.25, 0.3) is 0 Å². The van der Waals surface area contributed by atoms with Gasteiger partial charge in [-0.05, 0) is 52.3 Å². The monoisotopic (exact) mass is 498 g/mol. The second-order valence-electron chi connectivity index (χ2n) is 6.80. The van der Waals surface area contributed by atoms with E-state index in [2.05, 4.69) is 31.2 Å². The van der Waals surface area contributed by atoms with Gasteiger partial charge in [-0.15, -0.1) is 0 Å². The largest absolute Gasteiger partial charge is 0.496 e. The molecule has 0 radical (unpaired) electrons. The third-order valence-electron chi connectivity index (χ3n) is 4.85. The van der Waals surface area contributed by atoms with Crippen LogP contribution in [0, 0.1) is 11.3 Å². The molecule has 2 amide bonds. The number of ether oxygens (including phenoxy) is 1. The number of nitrogens with two attached hydrogens (primary N) is 1. The fourth-order valence-corrected chi connectivity index (χ4v) is 4.23. The number of halogens is 2. The molecule has 0 aliphatic carbocycles. The van der Waals surface area contributed by atoms with Crippen molar-refractivity contribution < 1.29 is 9.53 Å². The number of nitriles is 1. The molecular weight excluding hydrogens is 484 g/mol. The lowest BCUT2D eigenvalue weighted by molar-refractivity contribution is 0.212. The molecule has 0 saturated heterocycles. The van der Waals surface area contributed by atoms with Gasteiger partial charge in [-0.1, -0.05) is 11.6 Å². The number of carbonyl (C=O) groups is 1. The molecule has 4 rings (SSSR count). The van der Waals surface area contributed by atoms with E-state index in [-0.39, 0.29) is 18.5 Å². The van der Waals surface area contributed by atoms with Crippen molar-refractivity contribution in [1.82, 2.24) is 14.9 Å². The predicted molar refractivity (Wildman–Crippen MR) is 121 cm³/mol. The quantitative estimate of drug-likeness (QED) is 0.545. The first-order valence-corrected chi connectivity index (χ1v) is 10.3. The zero-order valence-electron chi connectivity index (χ0n) is 16.3. The molecule has 8 nitrogen and oxygen atoms in total. The zero-order valence-corrected chi connectivity index (χ0v) is 18.7. The maximum Gasteiger partial charge on any atom is 0.322 e. The van der Waals surface area contributed by atoms with Gasteiger partial charge < -0.3 is 20.7 Å². The number of anilines is 2. The van der Waals surface area contributed by atoms with Gasteiger partial charge in [-0.25, -0.2) is 14.8 Å². The number of urea groups is 1. The summed E-state index contributed by atoms with van der Waals surface area (Å²) in [4.78, 5) is 23.1. The lowest BCUT2D eigenvalue weighted by Crippen LogP contribution is -2.30. The Bertz CT molecular complexity index is 1230. The molecule has 0 atom stereocenters. The van der Waals surface area contributed by atoms with Crippen LogP contribution in [0.15, 0.2) is 40.9 Å². The van der Waals surface area contributed by atoms with Crippen LogP contribution in [0.4, 0.5) is 16.4 Å². The molecule has 3 N–H and O–H groups in total. The number of nitrogens with one attached hydrogen (secondary N) is 1. The molecule has 2 heterocycles. The summed E-state index contributed by atoms with van der Waals surface area (Å²) >= 11 is 9.89. The van der Waals surface area contributed by atoms with Gasteiger partial charge in [0.2, 0.25) is 5.95 Å². The second-order valence-corrected chi connectivity index (χ2v) is 8.06. The zero-order chi connectivity index (χ0) is 22.1. The van der Waals surface area contributed by atoms with Crippen LogP contribution in [0.25, 0.3) is 11.3 Å². The SMILES string of the molecule is COc1cc(-c2nc(N)nc3c2CN(C(=O)Nc2ccc(C#N)cc2)C3)c(Cl)cc1Br. The molecule has 0 saturated carbocycles. The Kier molecular flexibility index (Phi) is 5.67. The number of nitrogen functional groups attached to an aromatic ring is 1. The number of nitrogens with zero attached hydrogens (tertiary/aromatic N) is 4. The number of hydrogen-bond donors (Lipinski definition) is 2. The third kappa shape index (κ3) is 4.13. The van der Waals surface area contributed by atoms with Gasteiger partial charge in [0.1, 0.15) is 5.75 Å². The van der Waals surface area contributed by atoms with E-state index in [1.165, 1.54) is 0 Å². The van der Waals surface area contributed by atoms with Crippen LogP contribution in [0.2, 0.25) is 5.02 Å². The number of hydrogen-bond acceptors (Lipinski definition) is 6. The molecule has 0 spiro atoms. The van der Waals surface area contributed by atoms with E-state index < -0.39 is 0 Å². The van der Waals surface area contributed by atoms with Crippen molar-refractivity contribution in [2.24, 2.45) is 0 Å². The lowest BCUT2D eigenvalue weighted by atomic mass is 10.1. The first kappa shape index (κ1) is 20.9. The van der Waals surface area contributed by atoms with E-state index in [1.807, 2.05) is 6.07 Å². The molecule has 0 bridgehead atoms. The summed E-state index contributed by atoms with van der Waals surface area (Å²) in [5, 5.41) is 12.2. The van der Waals surface area contributed by atoms with Gasteiger partial charge in [0.15, 0.2) is 0 Å². The van der Waals surface area contributed by atoms with Crippen LogP contribution >= 0.6 is 27.5 Å². The van der Waals surface area contributed by atoms with Crippen LogP contribution in [0.1, 0.15) is 16.8 Å². The van der Waals surface area contributed by atoms with Crippen molar-refractivity contribution in [3.63, 3.8) is 0 Å². The number of carbonyl (C=O) groups excluding carboxylic acids is 1. The van der Waals surface area contributed by atoms with Crippen LogP contribution in [0.3, 0.4) is 0 Å². The summed E-state index contributed by atoms with van der Waals surface area (Å²) in [7, 11) is 1.56. The molecule has 156 valence electrons. The standard InChI is InChI=1S/C21H16BrClN6O2/c1-31-18-6-13(16(23)7-15(18)22)19-14-9-29(10-17(14)27-20(25)28-19)21(30)26-12-4-2-11(8-24)3-5-12/h2-7H,9-10H2,1H3,(H,26,30)(H2,25,27,28). The second kappa shape index (κ2) is 8.41. The van der Waals surface area contributed by atoms with E-state index in [1.54, 1.807) is 48.4 Å². The van der Waals surface area contributed by atoms with Gasteiger partial charge in [-0.2, -0.15) is 5.26 Å². The first-order chi connectivity index (χ1) is 14.9. The van der Waals surface area contributed by atoms with Crippen molar-refractivity contribution in [2.75, 3.05) is 18.2 Å². The van der Waals surface area contributed by atoms with Crippen LogP contribution in [-0.2, 0) is 13.1 Å². The number of benzene rings is 2. The highest BCUT2D eigenvalue weighted by molar-refractivity contribution is 9.10. The van der Waals surface area contributed by atoms with Crippen LogP contribution < -0.4 is 15.8 Å². The number of amides is 2. The normalized spacial score (nSPS) is 12.3. The highest BCUT2D eigenvalue weighted by atomic mass is 79.9. The van der Waals surface area contributed by atoms with E-state index in [0.717, 1.165) is 5.56 Å². The Morgan fingerprint density at radius 3 is 2.71 bits per heavy atom. The van der Waals surface area contributed by atoms with Crippen molar-refractivity contribution >= 4 is 45.2 Å². The van der Waals surface area contributed by atoms with Gasteiger partial charge in [0, 0.05) is 16.8 Å². The van der Waals surface area contributed by atoms with Crippen LogP contribution in [0.5, 0.6) is 5.75 Å². The minimum absolute atomic E-state index is 0.0982. The molecular formula is C21H16BrClN6O2. The summed E-state index contributed by atoms with van der Waals surface area (Å²) < 4.78 is 6.09. The Labute approximate surface area is 191 Å². The predicted octanol–water partition coefficient (Wildman–Crippen LogP) is 4.57. The number of rotatable bonds is 3. The van der Waals surface area contributed by atoms with Crippen molar-refractivity contribution in [1.29, 1.82) is 5.26 Å². The molecule has 1 aliphatic heterocycles. The maximum atomic E-state index is 12.8. The molecule has 3 aromatic rings. The summed E-state index contributed by atoms with van der Waals surface area (Å²) in [6.45, 7) is 0.574. The average molecular weight is 500 g/mol. The third-order valence-corrected chi connectivity index (χ3v) is 5.78. The number of methoxy groups -OCH3 is 1. The smallest absolute Gasteiger partial charge is 0.322 e. The average Bonchev–Trinajstić information content (AvgIpc) is 3.18. The van der Waals surface area contributed by atoms with Gasteiger partial charge in [0.05, 0.1) is 52.7 Å². The van der Waals surface area contributed by atoms with Gasteiger partial charge in [-0.3, -0.25) is 0 Å². The summed E-state index contributed by atoms with van der Waals surface area (Å²) in [6, 6.07) is 11.9. The van der Waals surface area contributed by atoms with Crippen molar-refractivity contribution in [2.45, 2.75) is 13.1 Å². The van der Waals surface area contributed by atoms with Crippen molar-refractivity contribution in [3.05, 3.63) is 62.7 Å². The molecule has 10 heteroatoms. The number of fused-ring (bicyclic) bond motifs is 1. The molecule has 0 unspecified atom stereocenters. The number of aromatic nitrogens is 2. The fourth-order valence-electron chi connectivity index (χ4n) is 3.34. The minimum atomic E-state index is -0.299. The molecule has 1 aromatic heterocycles.